The van der Waals surface area contributed by atoms with Crippen LogP contribution in [0.5, 0.6) is 5.75 Å². The predicted molar refractivity (Wildman–Crippen MR) is 113 cm³/mol. The van der Waals surface area contributed by atoms with Crippen LogP contribution in [0, 0.1) is 6.92 Å². The second-order valence-corrected chi connectivity index (χ2v) is 7.65. The van der Waals surface area contributed by atoms with E-state index in [1.54, 1.807) is 0 Å². The standard InChI is InChI=1S/C21H18BrCl2NO/c1-14-19(24)6-3-7-20(14)25-12-15-8-9-21(18(22)11-15)26-13-16-4-2-5-17(23)10-16/h2-11,25H,12-13H2,1H3. The normalized spacial score (nSPS) is 10.6. The SMILES string of the molecule is Cc1c(Cl)cccc1NCc1ccc(OCc2cccc(Cl)c2)c(Br)c1. The molecule has 0 fully saturated rings. The van der Waals surface area contributed by atoms with E-state index >= 15 is 0 Å². The molecule has 0 bridgehead atoms. The Balaban J connectivity index is 1.63. The van der Waals surface area contributed by atoms with Crippen LogP contribution in [0.15, 0.2) is 65.1 Å². The number of rotatable bonds is 6. The maximum atomic E-state index is 6.16. The number of benzene rings is 3. The van der Waals surface area contributed by atoms with Crippen molar-refractivity contribution in [1.29, 1.82) is 0 Å². The molecule has 26 heavy (non-hydrogen) atoms. The summed E-state index contributed by atoms with van der Waals surface area (Å²) in [6.45, 7) is 3.18. The van der Waals surface area contributed by atoms with E-state index in [1.807, 2.05) is 61.5 Å². The summed E-state index contributed by atoms with van der Waals surface area (Å²) in [6.07, 6.45) is 0. The van der Waals surface area contributed by atoms with Crippen LogP contribution in [0.3, 0.4) is 0 Å². The van der Waals surface area contributed by atoms with Crippen LogP contribution in [0.1, 0.15) is 16.7 Å². The molecule has 0 aromatic heterocycles. The van der Waals surface area contributed by atoms with Gasteiger partial charge in [-0.1, -0.05) is 47.5 Å². The first kappa shape index (κ1) is 19.1. The largest absolute Gasteiger partial charge is 0.488 e. The Labute approximate surface area is 172 Å². The first-order chi connectivity index (χ1) is 12.5. The fourth-order valence-corrected chi connectivity index (χ4v) is 3.48. The van der Waals surface area contributed by atoms with Gasteiger partial charge in [-0.3, -0.25) is 0 Å². The van der Waals surface area contributed by atoms with Gasteiger partial charge in [0, 0.05) is 22.3 Å². The van der Waals surface area contributed by atoms with Crippen LogP contribution >= 0.6 is 39.1 Å². The zero-order chi connectivity index (χ0) is 18.5. The van der Waals surface area contributed by atoms with Crippen LogP contribution in [0.4, 0.5) is 5.69 Å². The van der Waals surface area contributed by atoms with Crippen LogP contribution in [-0.2, 0) is 13.2 Å². The highest BCUT2D eigenvalue weighted by molar-refractivity contribution is 9.10. The van der Waals surface area contributed by atoms with E-state index < -0.39 is 0 Å². The van der Waals surface area contributed by atoms with Gasteiger partial charge >= 0.3 is 0 Å². The Bertz CT molecular complexity index is 914. The highest BCUT2D eigenvalue weighted by atomic mass is 79.9. The molecule has 0 unspecified atom stereocenters. The van der Waals surface area contributed by atoms with Crippen molar-refractivity contribution in [3.05, 3.63) is 91.9 Å². The molecule has 0 saturated heterocycles. The molecule has 0 aliphatic carbocycles. The minimum atomic E-state index is 0.471. The molecule has 0 amide bonds. The lowest BCUT2D eigenvalue weighted by atomic mass is 10.1. The molecule has 0 aliphatic rings. The first-order valence-electron chi connectivity index (χ1n) is 8.17. The summed E-state index contributed by atoms with van der Waals surface area (Å²) < 4.78 is 6.81. The van der Waals surface area contributed by atoms with E-state index in [0.29, 0.717) is 18.2 Å². The second-order valence-electron chi connectivity index (χ2n) is 5.95. The third kappa shape index (κ3) is 4.94. The summed E-state index contributed by atoms with van der Waals surface area (Å²) in [6, 6.07) is 19.6. The summed E-state index contributed by atoms with van der Waals surface area (Å²) >= 11 is 15.8. The minimum absolute atomic E-state index is 0.471. The van der Waals surface area contributed by atoms with Crippen molar-refractivity contribution in [1.82, 2.24) is 0 Å². The summed E-state index contributed by atoms with van der Waals surface area (Å²) in [4.78, 5) is 0. The third-order valence-electron chi connectivity index (χ3n) is 4.03. The molecule has 0 atom stereocenters. The van der Waals surface area contributed by atoms with E-state index in [-0.39, 0.29) is 0 Å². The zero-order valence-electron chi connectivity index (χ0n) is 14.2. The minimum Gasteiger partial charge on any atom is -0.488 e. The van der Waals surface area contributed by atoms with Gasteiger partial charge < -0.3 is 10.1 Å². The molecule has 0 saturated carbocycles. The Morgan fingerprint density at radius 3 is 2.54 bits per heavy atom. The van der Waals surface area contributed by atoms with Crippen molar-refractivity contribution in [3.8, 4) is 5.75 Å². The van der Waals surface area contributed by atoms with Gasteiger partial charge in [0.15, 0.2) is 0 Å². The molecule has 5 heteroatoms. The van der Waals surface area contributed by atoms with Crippen LogP contribution < -0.4 is 10.1 Å². The van der Waals surface area contributed by atoms with Gasteiger partial charge in [-0.15, -0.1) is 0 Å². The highest BCUT2D eigenvalue weighted by Gasteiger charge is 2.06. The number of halogens is 3. The van der Waals surface area contributed by atoms with Gasteiger partial charge in [-0.25, -0.2) is 0 Å². The maximum Gasteiger partial charge on any atom is 0.134 e. The van der Waals surface area contributed by atoms with Gasteiger partial charge in [-0.05, 0) is 75.9 Å². The Morgan fingerprint density at radius 2 is 1.77 bits per heavy atom. The smallest absolute Gasteiger partial charge is 0.134 e. The van der Waals surface area contributed by atoms with E-state index in [2.05, 4.69) is 27.3 Å². The lowest BCUT2D eigenvalue weighted by Crippen LogP contribution is -2.02. The molecule has 0 radical (unpaired) electrons. The number of hydrogen-bond acceptors (Lipinski definition) is 2. The molecule has 3 aromatic rings. The van der Waals surface area contributed by atoms with Crippen molar-refractivity contribution in [3.63, 3.8) is 0 Å². The summed E-state index contributed by atoms with van der Waals surface area (Å²) in [5.41, 5.74) is 4.27. The predicted octanol–water partition coefficient (Wildman–Crippen LogP) is 7.26. The molecule has 0 aliphatic heterocycles. The Hall–Kier alpha value is -1.68. The molecule has 1 N–H and O–H groups in total. The van der Waals surface area contributed by atoms with Crippen molar-refractivity contribution in [2.75, 3.05) is 5.32 Å². The van der Waals surface area contributed by atoms with Gasteiger partial charge in [0.1, 0.15) is 12.4 Å². The molecular formula is C21H18BrCl2NO. The summed E-state index contributed by atoms with van der Waals surface area (Å²) in [5, 5.41) is 4.90. The number of nitrogens with one attached hydrogen (secondary N) is 1. The lowest BCUT2D eigenvalue weighted by molar-refractivity contribution is 0.304. The first-order valence-corrected chi connectivity index (χ1v) is 9.72. The number of hydrogen-bond donors (Lipinski definition) is 1. The number of anilines is 1. The van der Waals surface area contributed by atoms with E-state index in [9.17, 15) is 0 Å². The fraction of sp³-hybridized carbons (Fsp3) is 0.143. The highest BCUT2D eigenvalue weighted by Crippen LogP contribution is 2.28. The maximum absolute atomic E-state index is 6.16. The molecular weight excluding hydrogens is 433 g/mol. The van der Waals surface area contributed by atoms with Gasteiger partial charge in [0.25, 0.3) is 0 Å². The molecule has 2 nitrogen and oxygen atoms in total. The van der Waals surface area contributed by atoms with Gasteiger partial charge in [-0.2, -0.15) is 0 Å². The van der Waals surface area contributed by atoms with E-state index in [0.717, 1.165) is 37.6 Å². The average molecular weight is 451 g/mol. The molecule has 134 valence electrons. The molecule has 0 spiro atoms. The Kier molecular flexibility index (Phi) is 6.47. The van der Waals surface area contributed by atoms with Crippen LogP contribution in [-0.4, -0.2) is 0 Å². The van der Waals surface area contributed by atoms with Gasteiger partial charge in [0.2, 0.25) is 0 Å². The second kappa shape index (κ2) is 8.81. The number of ether oxygens (including phenoxy) is 1. The van der Waals surface area contributed by atoms with Gasteiger partial charge in [0.05, 0.1) is 4.47 Å². The van der Waals surface area contributed by atoms with E-state index in [4.69, 9.17) is 27.9 Å². The summed E-state index contributed by atoms with van der Waals surface area (Å²) in [5.74, 6) is 0.799. The van der Waals surface area contributed by atoms with Crippen molar-refractivity contribution < 1.29 is 4.74 Å². The zero-order valence-corrected chi connectivity index (χ0v) is 17.3. The molecule has 3 aromatic carbocycles. The quantitative estimate of drug-likeness (QED) is 0.426. The van der Waals surface area contributed by atoms with Crippen molar-refractivity contribution in [2.24, 2.45) is 0 Å². The van der Waals surface area contributed by atoms with Crippen LogP contribution in [0.25, 0.3) is 0 Å². The average Bonchev–Trinajstić information content (AvgIpc) is 2.62. The fourth-order valence-electron chi connectivity index (χ4n) is 2.56. The van der Waals surface area contributed by atoms with Crippen molar-refractivity contribution >= 4 is 44.8 Å². The molecule has 3 rings (SSSR count). The summed E-state index contributed by atoms with van der Waals surface area (Å²) in [7, 11) is 0. The lowest BCUT2D eigenvalue weighted by Gasteiger charge is -2.13. The van der Waals surface area contributed by atoms with Crippen LogP contribution in [0.2, 0.25) is 10.0 Å². The molecule has 0 heterocycles. The monoisotopic (exact) mass is 449 g/mol. The third-order valence-corrected chi connectivity index (χ3v) is 5.29. The van der Waals surface area contributed by atoms with Crippen molar-refractivity contribution in [2.45, 2.75) is 20.1 Å². The topological polar surface area (TPSA) is 21.3 Å². The Morgan fingerprint density at radius 1 is 0.962 bits per heavy atom. The van der Waals surface area contributed by atoms with E-state index in [1.165, 1.54) is 0 Å².